The SMILES string of the molecule is O=CC1=C(c2cc3c4c(c[n+](O)cc4c2)CC3)CCC1. The molecule has 0 bridgehead atoms. The van der Waals surface area contributed by atoms with Gasteiger partial charge in [-0.3, -0.25) is 10.0 Å². The van der Waals surface area contributed by atoms with Crippen molar-refractivity contribution < 1.29 is 14.7 Å². The molecule has 0 saturated carbocycles. The summed E-state index contributed by atoms with van der Waals surface area (Å²) in [7, 11) is 0. The number of pyridine rings is 1. The van der Waals surface area contributed by atoms with Crippen molar-refractivity contribution in [3.63, 3.8) is 0 Å². The molecule has 2 aliphatic rings. The molecule has 1 heterocycles. The van der Waals surface area contributed by atoms with Crippen molar-refractivity contribution in [1.82, 2.24) is 0 Å². The topological polar surface area (TPSA) is 41.2 Å². The molecule has 0 unspecified atom stereocenters. The third kappa shape index (κ3) is 1.59. The summed E-state index contributed by atoms with van der Waals surface area (Å²) in [4.78, 5) is 11.2. The molecule has 0 spiro atoms. The molecular formula is C17H16NO2+. The van der Waals surface area contributed by atoms with Crippen molar-refractivity contribution >= 4 is 22.6 Å². The van der Waals surface area contributed by atoms with Crippen molar-refractivity contribution in [2.24, 2.45) is 0 Å². The van der Waals surface area contributed by atoms with Crippen LogP contribution in [0.2, 0.25) is 0 Å². The predicted octanol–water partition coefficient (Wildman–Crippen LogP) is 2.60. The van der Waals surface area contributed by atoms with Crippen molar-refractivity contribution in [1.29, 1.82) is 0 Å². The lowest BCUT2D eigenvalue weighted by Gasteiger charge is -2.07. The van der Waals surface area contributed by atoms with E-state index >= 15 is 0 Å². The first-order valence-electron chi connectivity index (χ1n) is 7.14. The number of aryl methyl sites for hydroxylation is 2. The molecule has 2 aromatic rings. The van der Waals surface area contributed by atoms with Crippen LogP contribution in [0.5, 0.6) is 0 Å². The van der Waals surface area contributed by atoms with Crippen molar-refractivity contribution in [3.05, 3.63) is 46.8 Å². The standard InChI is InChI=1S/C17H16NO2/c19-10-13-2-1-3-16(13)14-6-11-4-5-12-8-18(20)9-15(7-14)17(11)12/h6-10,20H,1-5H2/q+1. The Bertz CT molecular complexity index is 774. The van der Waals surface area contributed by atoms with E-state index in [9.17, 15) is 10.0 Å². The zero-order valence-electron chi connectivity index (χ0n) is 11.2. The molecule has 1 aromatic carbocycles. The van der Waals surface area contributed by atoms with Gasteiger partial charge in [-0.2, -0.15) is 0 Å². The highest BCUT2D eigenvalue weighted by atomic mass is 16.5. The van der Waals surface area contributed by atoms with E-state index in [4.69, 9.17) is 0 Å². The molecule has 3 heteroatoms. The number of aromatic nitrogens is 1. The molecule has 0 radical (unpaired) electrons. The second kappa shape index (κ2) is 4.17. The van der Waals surface area contributed by atoms with Gasteiger partial charge in [-0.25, -0.2) is 0 Å². The van der Waals surface area contributed by atoms with Crippen LogP contribution in [0, 0.1) is 0 Å². The van der Waals surface area contributed by atoms with Gasteiger partial charge in [-0.15, -0.1) is 0 Å². The van der Waals surface area contributed by atoms with E-state index in [0.717, 1.165) is 59.6 Å². The summed E-state index contributed by atoms with van der Waals surface area (Å²) in [6.07, 6.45) is 9.51. The molecule has 0 atom stereocenters. The first-order chi connectivity index (χ1) is 9.76. The molecule has 0 fully saturated rings. The predicted molar refractivity (Wildman–Crippen MR) is 75.6 cm³/mol. The van der Waals surface area contributed by atoms with Crippen LogP contribution in [0.4, 0.5) is 0 Å². The summed E-state index contributed by atoms with van der Waals surface area (Å²) in [5, 5.41) is 12.1. The molecular weight excluding hydrogens is 250 g/mol. The number of allylic oxidation sites excluding steroid dienone is 2. The first kappa shape index (κ1) is 11.6. The zero-order chi connectivity index (χ0) is 13.7. The maximum atomic E-state index is 11.2. The van der Waals surface area contributed by atoms with Crippen molar-refractivity contribution in [2.75, 3.05) is 0 Å². The van der Waals surface area contributed by atoms with Gasteiger partial charge in [0.05, 0.1) is 5.39 Å². The third-order valence-electron chi connectivity index (χ3n) is 4.55. The molecule has 0 saturated heterocycles. The van der Waals surface area contributed by atoms with Gasteiger partial charge in [-0.1, -0.05) is 6.07 Å². The first-order valence-corrected chi connectivity index (χ1v) is 7.14. The van der Waals surface area contributed by atoms with Gasteiger partial charge in [0.1, 0.15) is 6.29 Å². The Labute approximate surface area is 117 Å². The number of benzene rings is 1. The lowest BCUT2D eigenvalue weighted by atomic mass is 9.96. The highest BCUT2D eigenvalue weighted by Gasteiger charge is 2.22. The number of aldehydes is 1. The lowest BCUT2D eigenvalue weighted by Crippen LogP contribution is -2.29. The van der Waals surface area contributed by atoms with Crippen LogP contribution in [0.1, 0.15) is 36.0 Å². The minimum Gasteiger partial charge on any atom is -0.298 e. The van der Waals surface area contributed by atoms with Gasteiger partial charge in [0, 0.05) is 15.7 Å². The second-order valence-corrected chi connectivity index (χ2v) is 5.74. The van der Waals surface area contributed by atoms with E-state index in [2.05, 4.69) is 12.1 Å². The van der Waals surface area contributed by atoms with E-state index in [1.54, 1.807) is 12.4 Å². The second-order valence-electron chi connectivity index (χ2n) is 5.74. The van der Waals surface area contributed by atoms with E-state index in [1.165, 1.54) is 22.1 Å². The number of carbonyl (C=O) groups is 1. The smallest absolute Gasteiger partial charge is 0.230 e. The van der Waals surface area contributed by atoms with Crippen LogP contribution in [-0.2, 0) is 17.6 Å². The molecule has 0 aliphatic heterocycles. The van der Waals surface area contributed by atoms with Crippen LogP contribution in [-0.4, -0.2) is 11.5 Å². The van der Waals surface area contributed by atoms with E-state index in [1.807, 2.05) is 0 Å². The quantitative estimate of drug-likeness (QED) is 0.515. The Morgan fingerprint density at radius 1 is 1.05 bits per heavy atom. The molecule has 2 aliphatic carbocycles. The number of nitrogens with zero attached hydrogens (tertiary/aromatic N) is 1. The Morgan fingerprint density at radius 2 is 1.90 bits per heavy atom. The maximum Gasteiger partial charge on any atom is 0.230 e. The van der Waals surface area contributed by atoms with Crippen LogP contribution >= 0.6 is 0 Å². The molecule has 3 nitrogen and oxygen atoms in total. The van der Waals surface area contributed by atoms with E-state index in [0.29, 0.717) is 0 Å². The minimum absolute atomic E-state index is 0.895. The van der Waals surface area contributed by atoms with Crippen molar-refractivity contribution in [2.45, 2.75) is 32.1 Å². The summed E-state index contributed by atoms with van der Waals surface area (Å²) < 4.78 is 1.15. The Balaban J connectivity index is 1.99. The van der Waals surface area contributed by atoms with Gasteiger partial charge in [-0.05, 0) is 60.4 Å². The molecule has 1 aromatic heterocycles. The third-order valence-corrected chi connectivity index (χ3v) is 4.55. The monoisotopic (exact) mass is 266 g/mol. The van der Waals surface area contributed by atoms with E-state index in [-0.39, 0.29) is 0 Å². The normalized spacial score (nSPS) is 17.2. The maximum absolute atomic E-state index is 11.2. The Hall–Kier alpha value is -2.16. The summed E-state index contributed by atoms with van der Waals surface area (Å²) in [6.45, 7) is 0. The number of carbonyl (C=O) groups excluding carboxylic acids is 1. The lowest BCUT2D eigenvalue weighted by molar-refractivity contribution is -0.904. The average molecular weight is 266 g/mol. The fourth-order valence-electron chi connectivity index (χ4n) is 3.68. The fraction of sp³-hybridized carbons (Fsp3) is 0.294. The van der Waals surface area contributed by atoms with Crippen LogP contribution in [0.3, 0.4) is 0 Å². The minimum atomic E-state index is 0.895. The molecule has 20 heavy (non-hydrogen) atoms. The zero-order valence-corrected chi connectivity index (χ0v) is 11.2. The van der Waals surface area contributed by atoms with Crippen LogP contribution in [0.25, 0.3) is 16.3 Å². The number of hydrogen-bond acceptors (Lipinski definition) is 2. The average Bonchev–Trinajstić information content (AvgIpc) is 3.05. The van der Waals surface area contributed by atoms with Gasteiger partial charge in [0.25, 0.3) is 0 Å². The molecule has 4 rings (SSSR count). The molecule has 100 valence electrons. The Kier molecular flexibility index (Phi) is 2.43. The largest absolute Gasteiger partial charge is 0.298 e. The summed E-state index contributed by atoms with van der Waals surface area (Å²) in [5.41, 5.74) is 5.86. The summed E-state index contributed by atoms with van der Waals surface area (Å²) >= 11 is 0. The highest BCUT2D eigenvalue weighted by molar-refractivity contribution is 5.95. The van der Waals surface area contributed by atoms with Gasteiger partial charge >= 0.3 is 0 Å². The van der Waals surface area contributed by atoms with Crippen molar-refractivity contribution in [3.8, 4) is 0 Å². The number of rotatable bonds is 2. The Morgan fingerprint density at radius 3 is 2.75 bits per heavy atom. The molecule has 1 N–H and O–H groups in total. The van der Waals surface area contributed by atoms with Gasteiger partial charge in [0.2, 0.25) is 12.4 Å². The van der Waals surface area contributed by atoms with Gasteiger partial charge < -0.3 is 0 Å². The number of hydrogen-bond donors (Lipinski definition) is 1. The van der Waals surface area contributed by atoms with Crippen LogP contribution < -0.4 is 4.73 Å². The molecule has 0 amide bonds. The summed E-state index contributed by atoms with van der Waals surface area (Å²) in [5.74, 6) is 0. The fourth-order valence-corrected chi connectivity index (χ4v) is 3.68. The van der Waals surface area contributed by atoms with Gasteiger partial charge in [0.15, 0.2) is 0 Å². The highest BCUT2D eigenvalue weighted by Crippen LogP contribution is 2.37. The van der Waals surface area contributed by atoms with Crippen LogP contribution in [0.15, 0.2) is 30.1 Å². The van der Waals surface area contributed by atoms with E-state index < -0.39 is 0 Å². The summed E-state index contributed by atoms with van der Waals surface area (Å²) in [6, 6.07) is 4.36.